The van der Waals surface area contributed by atoms with Crippen molar-refractivity contribution in [2.45, 2.75) is 13.0 Å². The predicted octanol–water partition coefficient (Wildman–Crippen LogP) is 2.39. The summed E-state index contributed by atoms with van der Waals surface area (Å²) in [4.78, 5) is 4.72. The van der Waals surface area contributed by atoms with Crippen LogP contribution in [0.5, 0.6) is 0 Å². The minimum atomic E-state index is 0.755. The van der Waals surface area contributed by atoms with Gasteiger partial charge in [0.15, 0.2) is 0 Å². The van der Waals surface area contributed by atoms with Gasteiger partial charge in [0.05, 0.1) is 16.4 Å². The van der Waals surface area contributed by atoms with Crippen molar-refractivity contribution in [1.82, 2.24) is 14.9 Å². The first-order chi connectivity index (χ1) is 8.27. The minimum absolute atomic E-state index is 0.755. The lowest BCUT2D eigenvalue weighted by atomic mass is 10.2. The fourth-order valence-electron chi connectivity index (χ4n) is 2.31. The lowest BCUT2D eigenvalue weighted by molar-refractivity contribution is 0.607. The Labute approximate surface area is 105 Å². The molecule has 1 aliphatic heterocycles. The molecule has 3 nitrogen and oxygen atoms in total. The summed E-state index contributed by atoms with van der Waals surface area (Å²) < 4.78 is 2.14. The summed E-state index contributed by atoms with van der Waals surface area (Å²) in [6, 6.07) is 7.86. The molecule has 0 amide bonds. The van der Waals surface area contributed by atoms with Crippen molar-refractivity contribution in [1.29, 1.82) is 0 Å². The van der Waals surface area contributed by atoms with Gasteiger partial charge in [0, 0.05) is 32.1 Å². The van der Waals surface area contributed by atoms with Gasteiger partial charge >= 0.3 is 0 Å². The Morgan fingerprint density at radius 2 is 2.18 bits per heavy atom. The van der Waals surface area contributed by atoms with E-state index in [9.17, 15) is 0 Å². The third kappa shape index (κ3) is 1.75. The van der Waals surface area contributed by atoms with Crippen molar-refractivity contribution in [2.75, 3.05) is 6.54 Å². The number of benzene rings is 1. The molecule has 0 aliphatic carbocycles. The zero-order chi connectivity index (χ0) is 11.8. The average molecular weight is 248 g/mol. The number of aromatic nitrogens is 2. The first kappa shape index (κ1) is 10.8. The molecule has 0 saturated heterocycles. The number of nitrogens with zero attached hydrogens (tertiary/aromatic N) is 2. The maximum atomic E-state index is 6.23. The molecule has 88 valence electrons. The van der Waals surface area contributed by atoms with Crippen LogP contribution in [0.15, 0.2) is 24.3 Å². The molecule has 4 heteroatoms. The van der Waals surface area contributed by atoms with Crippen molar-refractivity contribution in [3.05, 3.63) is 40.7 Å². The van der Waals surface area contributed by atoms with Crippen molar-refractivity contribution in [3.8, 4) is 11.4 Å². The van der Waals surface area contributed by atoms with Gasteiger partial charge in [0.1, 0.15) is 5.82 Å². The van der Waals surface area contributed by atoms with Crippen LogP contribution in [0.2, 0.25) is 5.02 Å². The molecule has 17 heavy (non-hydrogen) atoms. The van der Waals surface area contributed by atoms with E-state index in [1.165, 1.54) is 11.4 Å². The molecule has 0 atom stereocenters. The van der Waals surface area contributed by atoms with Crippen LogP contribution in [0.1, 0.15) is 11.4 Å². The SMILES string of the molecule is Cn1c(-c2ccccc2Cl)nc2c1CNCC2. The van der Waals surface area contributed by atoms with Crippen molar-refractivity contribution in [2.24, 2.45) is 7.05 Å². The fraction of sp³-hybridized carbons (Fsp3) is 0.308. The fourth-order valence-corrected chi connectivity index (χ4v) is 2.53. The average Bonchev–Trinajstić information content (AvgIpc) is 2.68. The van der Waals surface area contributed by atoms with Crippen LogP contribution in [0.25, 0.3) is 11.4 Å². The van der Waals surface area contributed by atoms with E-state index in [0.717, 1.165) is 35.9 Å². The van der Waals surface area contributed by atoms with Crippen LogP contribution in [-0.4, -0.2) is 16.1 Å². The zero-order valence-corrected chi connectivity index (χ0v) is 10.5. The van der Waals surface area contributed by atoms with E-state index in [4.69, 9.17) is 16.6 Å². The number of imidazole rings is 1. The summed E-state index contributed by atoms with van der Waals surface area (Å²) in [5, 5.41) is 4.12. The lowest BCUT2D eigenvalue weighted by Gasteiger charge is -2.13. The van der Waals surface area contributed by atoms with Gasteiger partial charge in [0.25, 0.3) is 0 Å². The van der Waals surface area contributed by atoms with Crippen molar-refractivity contribution >= 4 is 11.6 Å². The molecule has 1 aliphatic rings. The topological polar surface area (TPSA) is 29.9 Å². The Kier molecular flexibility index (Phi) is 2.65. The molecule has 0 bridgehead atoms. The van der Waals surface area contributed by atoms with Gasteiger partial charge in [-0.3, -0.25) is 0 Å². The second kappa shape index (κ2) is 4.17. The van der Waals surface area contributed by atoms with Gasteiger partial charge in [-0.1, -0.05) is 23.7 Å². The molecule has 2 aromatic rings. The number of nitrogens with one attached hydrogen (secondary N) is 1. The number of fused-ring (bicyclic) bond motifs is 1. The zero-order valence-electron chi connectivity index (χ0n) is 9.70. The largest absolute Gasteiger partial charge is 0.330 e. The molecule has 0 fully saturated rings. The third-order valence-corrected chi connectivity index (χ3v) is 3.57. The highest BCUT2D eigenvalue weighted by molar-refractivity contribution is 6.33. The molecule has 0 radical (unpaired) electrons. The van der Waals surface area contributed by atoms with Crippen LogP contribution < -0.4 is 5.32 Å². The Balaban J connectivity index is 2.16. The van der Waals surface area contributed by atoms with E-state index in [2.05, 4.69) is 16.9 Å². The van der Waals surface area contributed by atoms with Gasteiger partial charge in [-0.25, -0.2) is 4.98 Å². The molecule has 3 rings (SSSR count). The molecule has 0 unspecified atom stereocenters. The van der Waals surface area contributed by atoms with E-state index in [-0.39, 0.29) is 0 Å². The second-order valence-corrected chi connectivity index (χ2v) is 4.70. The molecule has 2 heterocycles. The third-order valence-electron chi connectivity index (χ3n) is 3.24. The minimum Gasteiger partial charge on any atom is -0.330 e. The van der Waals surface area contributed by atoms with E-state index in [1.54, 1.807) is 0 Å². The summed E-state index contributed by atoms with van der Waals surface area (Å²) in [6.45, 7) is 1.90. The smallest absolute Gasteiger partial charge is 0.141 e. The normalized spacial score (nSPS) is 14.7. The maximum Gasteiger partial charge on any atom is 0.141 e. The summed E-state index contributed by atoms with van der Waals surface area (Å²) in [6.07, 6.45) is 0.994. The van der Waals surface area contributed by atoms with Crippen LogP contribution in [-0.2, 0) is 20.0 Å². The summed E-state index contributed by atoms with van der Waals surface area (Å²) in [5.74, 6) is 0.962. The highest BCUT2D eigenvalue weighted by Crippen LogP contribution is 2.28. The van der Waals surface area contributed by atoms with Crippen LogP contribution in [0.4, 0.5) is 0 Å². The number of rotatable bonds is 1. The van der Waals surface area contributed by atoms with E-state index in [1.807, 2.05) is 24.3 Å². The monoisotopic (exact) mass is 247 g/mol. The van der Waals surface area contributed by atoms with Crippen molar-refractivity contribution < 1.29 is 0 Å². The maximum absolute atomic E-state index is 6.23. The predicted molar refractivity (Wildman–Crippen MR) is 69.1 cm³/mol. The Morgan fingerprint density at radius 3 is 2.94 bits per heavy atom. The van der Waals surface area contributed by atoms with E-state index in [0.29, 0.717) is 0 Å². The second-order valence-electron chi connectivity index (χ2n) is 4.29. The highest BCUT2D eigenvalue weighted by Gasteiger charge is 2.19. The van der Waals surface area contributed by atoms with Gasteiger partial charge < -0.3 is 9.88 Å². The van der Waals surface area contributed by atoms with Gasteiger partial charge in [-0.2, -0.15) is 0 Å². The first-order valence-corrected chi connectivity index (χ1v) is 6.15. The first-order valence-electron chi connectivity index (χ1n) is 5.77. The van der Waals surface area contributed by atoms with Crippen LogP contribution >= 0.6 is 11.6 Å². The lowest BCUT2D eigenvalue weighted by Crippen LogP contribution is -2.24. The quantitative estimate of drug-likeness (QED) is 0.839. The van der Waals surface area contributed by atoms with Gasteiger partial charge in [-0.05, 0) is 12.1 Å². The van der Waals surface area contributed by atoms with Crippen LogP contribution in [0.3, 0.4) is 0 Å². The highest BCUT2D eigenvalue weighted by atomic mass is 35.5. The summed E-state index contributed by atoms with van der Waals surface area (Å²) in [5.41, 5.74) is 3.47. The van der Waals surface area contributed by atoms with Gasteiger partial charge in [0.2, 0.25) is 0 Å². The Hall–Kier alpha value is -1.32. The Bertz CT molecular complexity index is 560. The molecule has 1 N–H and O–H groups in total. The number of hydrogen-bond donors (Lipinski definition) is 1. The van der Waals surface area contributed by atoms with Crippen LogP contribution in [0, 0.1) is 0 Å². The number of hydrogen-bond acceptors (Lipinski definition) is 2. The molecule has 0 saturated carbocycles. The van der Waals surface area contributed by atoms with E-state index >= 15 is 0 Å². The van der Waals surface area contributed by atoms with Gasteiger partial charge in [-0.15, -0.1) is 0 Å². The Morgan fingerprint density at radius 1 is 1.35 bits per heavy atom. The standard InChI is InChI=1S/C13H14ClN3/c1-17-12-8-15-7-6-11(12)16-13(17)9-4-2-3-5-10(9)14/h2-5,15H,6-8H2,1H3. The van der Waals surface area contributed by atoms with E-state index < -0.39 is 0 Å². The molecular weight excluding hydrogens is 234 g/mol. The van der Waals surface area contributed by atoms with Crippen molar-refractivity contribution in [3.63, 3.8) is 0 Å². The number of halogens is 1. The summed E-state index contributed by atoms with van der Waals surface area (Å²) in [7, 11) is 2.05. The molecule has 1 aromatic heterocycles. The molecule has 0 spiro atoms. The molecule has 1 aromatic carbocycles. The molecular formula is C13H14ClN3. The summed E-state index contributed by atoms with van der Waals surface area (Å²) >= 11 is 6.23.